The van der Waals surface area contributed by atoms with E-state index < -0.39 is 20.0 Å². The Balaban J connectivity index is 5.23. The van der Waals surface area contributed by atoms with Crippen LogP contribution in [-0.2, 0) is 27.9 Å². The summed E-state index contributed by atoms with van der Waals surface area (Å²) in [5.41, 5.74) is 0. The summed E-state index contributed by atoms with van der Waals surface area (Å²) in [6.07, 6.45) is 63.1. The van der Waals surface area contributed by atoms with Gasteiger partial charge in [0.05, 0.1) is 33.8 Å². The Labute approximate surface area is 454 Å². The first kappa shape index (κ1) is 71.5. The molecule has 0 bridgehead atoms. The molecule has 0 aromatic carbocycles. The van der Waals surface area contributed by atoms with E-state index in [1.54, 1.807) is 0 Å². The highest BCUT2D eigenvalue weighted by Gasteiger charge is 2.30. The molecular weight excluding hydrogens is 928 g/mol. The Kier molecular flexibility index (Phi) is 52.8. The molecule has 10 heteroatoms. The number of carbonyl (C=O) groups is 2. The SMILES string of the molecule is CCCCCC/C=C\CCCCCCCCCC(=O)NC(COP(=O)(O)OCC[N+](C)(C)C)C(/C=C/CCCCCCCCCCCCC)OC(=O)CCCCCCCCCCCCCCCCCCCCC. The van der Waals surface area contributed by atoms with E-state index in [9.17, 15) is 19.0 Å². The number of phosphoric acid groups is 1. The largest absolute Gasteiger partial charge is 0.472 e. The van der Waals surface area contributed by atoms with Crippen LogP contribution in [0.25, 0.3) is 0 Å². The van der Waals surface area contributed by atoms with Crippen LogP contribution in [0.3, 0.4) is 0 Å². The van der Waals surface area contributed by atoms with E-state index in [2.05, 4.69) is 38.2 Å². The van der Waals surface area contributed by atoms with Crippen LogP contribution in [0.1, 0.15) is 316 Å². The Hall–Kier alpha value is -1.51. The van der Waals surface area contributed by atoms with Gasteiger partial charge in [-0.05, 0) is 57.4 Å². The number of quaternary nitrogens is 1. The summed E-state index contributed by atoms with van der Waals surface area (Å²) in [6.45, 7) is 7.04. The zero-order valence-electron chi connectivity index (χ0n) is 49.4. The fourth-order valence-electron chi connectivity index (χ4n) is 9.47. The van der Waals surface area contributed by atoms with E-state index >= 15 is 0 Å². The Morgan fingerprint density at radius 3 is 1.18 bits per heavy atom. The van der Waals surface area contributed by atoms with E-state index in [0.717, 1.165) is 64.2 Å². The van der Waals surface area contributed by atoms with Gasteiger partial charge in [0.15, 0.2) is 0 Å². The van der Waals surface area contributed by atoms with Crippen molar-refractivity contribution < 1.29 is 37.3 Å². The van der Waals surface area contributed by atoms with Crippen LogP contribution in [0.2, 0.25) is 0 Å². The topological polar surface area (TPSA) is 111 Å². The van der Waals surface area contributed by atoms with Gasteiger partial charge in [0.25, 0.3) is 0 Å². The summed E-state index contributed by atoms with van der Waals surface area (Å²) in [4.78, 5) is 37.7. The maximum Gasteiger partial charge on any atom is 0.472 e. The molecule has 3 unspecified atom stereocenters. The maximum atomic E-state index is 13.5. The van der Waals surface area contributed by atoms with Gasteiger partial charge in [-0.15, -0.1) is 0 Å². The summed E-state index contributed by atoms with van der Waals surface area (Å²) in [7, 11) is 1.51. The minimum absolute atomic E-state index is 0.0429. The molecule has 0 saturated carbocycles. The smallest absolute Gasteiger partial charge is 0.456 e. The van der Waals surface area contributed by atoms with Crippen LogP contribution in [0.4, 0.5) is 0 Å². The van der Waals surface area contributed by atoms with Gasteiger partial charge in [-0.25, -0.2) is 4.57 Å². The Morgan fingerprint density at radius 2 is 0.795 bits per heavy atom. The average molecular weight is 1050 g/mol. The van der Waals surface area contributed by atoms with Gasteiger partial charge in [-0.3, -0.25) is 18.6 Å². The molecule has 73 heavy (non-hydrogen) atoms. The van der Waals surface area contributed by atoms with Gasteiger partial charge < -0.3 is 19.4 Å². The van der Waals surface area contributed by atoms with Crippen LogP contribution in [0.5, 0.6) is 0 Å². The van der Waals surface area contributed by atoms with Gasteiger partial charge in [0.1, 0.15) is 19.3 Å². The molecule has 3 atom stereocenters. The standard InChI is InChI=1S/C63H123N2O7P/c1-7-10-13-16-19-22-25-28-30-31-32-33-35-38-41-44-47-50-53-56-63(67)72-61(54-51-48-45-42-39-36-27-24-21-18-15-12-9-3)60(59-71-73(68,69)70-58-57-65(4,5)6)64-62(66)55-52-49-46-43-40-37-34-29-26-23-20-17-14-11-8-2/h23,26,51,54,60-61H,7-22,24-25,27-50,52-53,55-59H2,1-6H3,(H-,64,66,68,69)/p+1/b26-23-,54-51+. The number of unbranched alkanes of at least 4 members (excludes halogenated alkanes) is 40. The number of likely N-dealkylation sites (N-methyl/N-ethyl adjacent to an activating group) is 1. The molecule has 432 valence electrons. The highest BCUT2D eigenvalue weighted by Crippen LogP contribution is 2.43. The number of phosphoric ester groups is 1. The number of nitrogens with one attached hydrogen (secondary N) is 1. The number of nitrogens with zero attached hydrogens (tertiary/aromatic N) is 1. The second kappa shape index (κ2) is 53.9. The van der Waals surface area contributed by atoms with Gasteiger partial charge in [0.2, 0.25) is 5.91 Å². The molecule has 0 spiro atoms. The fraction of sp³-hybridized carbons (Fsp3) is 0.905. The minimum atomic E-state index is -4.44. The second-order valence-corrected chi connectivity index (χ2v) is 24.4. The summed E-state index contributed by atoms with van der Waals surface area (Å²) < 4.78 is 30.7. The Bertz CT molecular complexity index is 1300. The van der Waals surface area contributed by atoms with E-state index in [1.807, 2.05) is 33.3 Å². The van der Waals surface area contributed by atoms with Crippen molar-refractivity contribution >= 4 is 19.7 Å². The lowest BCUT2D eigenvalue weighted by Gasteiger charge is -2.27. The first-order chi connectivity index (χ1) is 35.4. The summed E-state index contributed by atoms with van der Waals surface area (Å²) in [5.74, 6) is -0.493. The van der Waals surface area contributed by atoms with Crippen molar-refractivity contribution in [3.05, 3.63) is 24.3 Å². The highest BCUT2D eigenvalue weighted by molar-refractivity contribution is 7.47. The molecular formula is C63H124N2O7P+. The van der Waals surface area contributed by atoms with Crippen molar-refractivity contribution in [1.82, 2.24) is 5.32 Å². The van der Waals surface area contributed by atoms with E-state index in [-0.39, 0.29) is 25.1 Å². The molecule has 1 amide bonds. The summed E-state index contributed by atoms with van der Waals surface area (Å²) >= 11 is 0. The number of hydrogen-bond acceptors (Lipinski definition) is 6. The van der Waals surface area contributed by atoms with Gasteiger partial charge >= 0.3 is 13.8 Å². The van der Waals surface area contributed by atoms with E-state index in [0.29, 0.717) is 23.9 Å². The lowest BCUT2D eigenvalue weighted by Crippen LogP contribution is -2.47. The number of amides is 1. The number of hydrogen-bond donors (Lipinski definition) is 2. The molecule has 2 N–H and O–H groups in total. The van der Waals surface area contributed by atoms with E-state index in [1.165, 1.54) is 218 Å². The first-order valence-electron chi connectivity index (χ1n) is 31.7. The van der Waals surface area contributed by atoms with Crippen molar-refractivity contribution in [3.63, 3.8) is 0 Å². The molecule has 0 saturated heterocycles. The lowest BCUT2D eigenvalue weighted by atomic mass is 10.0. The summed E-state index contributed by atoms with van der Waals surface area (Å²) in [5, 5.41) is 3.06. The van der Waals surface area contributed by atoms with Crippen molar-refractivity contribution in [2.45, 2.75) is 328 Å². The van der Waals surface area contributed by atoms with Crippen LogP contribution in [0.15, 0.2) is 24.3 Å². The van der Waals surface area contributed by atoms with Crippen molar-refractivity contribution in [2.75, 3.05) is 40.9 Å². The molecule has 0 radical (unpaired) electrons. The monoisotopic (exact) mass is 1050 g/mol. The van der Waals surface area contributed by atoms with Crippen LogP contribution >= 0.6 is 7.82 Å². The molecule has 9 nitrogen and oxygen atoms in total. The minimum Gasteiger partial charge on any atom is -0.456 e. The normalized spacial score (nSPS) is 13.8. The van der Waals surface area contributed by atoms with Gasteiger partial charge in [-0.1, -0.05) is 270 Å². The van der Waals surface area contributed by atoms with Gasteiger partial charge in [-0.2, -0.15) is 0 Å². The van der Waals surface area contributed by atoms with Crippen LogP contribution in [0, 0.1) is 0 Å². The maximum absolute atomic E-state index is 13.5. The zero-order chi connectivity index (χ0) is 53.6. The second-order valence-electron chi connectivity index (χ2n) is 22.9. The number of allylic oxidation sites excluding steroid dienone is 3. The first-order valence-corrected chi connectivity index (χ1v) is 33.2. The molecule has 0 aliphatic carbocycles. The predicted octanol–water partition coefficient (Wildman–Crippen LogP) is 19.3. The molecule has 0 heterocycles. The third-order valence-electron chi connectivity index (χ3n) is 14.4. The zero-order valence-corrected chi connectivity index (χ0v) is 50.3. The molecule has 0 fully saturated rings. The van der Waals surface area contributed by atoms with E-state index in [4.69, 9.17) is 13.8 Å². The third-order valence-corrected chi connectivity index (χ3v) is 15.4. The Morgan fingerprint density at radius 1 is 0.466 bits per heavy atom. The number of rotatable bonds is 58. The quantitative estimate of drug-likeness (QED) is 0.0205. The lowest BCUT2D eigenvalue weighted by molar-refractivity contribution is -0.870. The third kappa shape index (κ3) is 55.1. The highest BCUT2D eigenvalue weighted by atomic mass is 31.2. The predicted molar refractivity (Wildman–Crippen MR) is 314 cm³/mol. The number of esters is 1. The molecule has 0 rings (SSSR count). The van der Waals surface area contributed by atoms with Gasteiger partial charge in [0, 0.05) is 12.8 Å². The van der Waals surface area contributed by atoms with Crippen molar-refractivity contribution in [1.29, 1.82) is 0 Å². The fourth-order valence-corrected chi connectivity index (χ4v) is 10.2. The summed E-state index contributed by atoms with van der Waals surface area (Å²) in [6, 6.07) is -0.844. The van der Waals surface area contributed by atoms with Crippen molar-refractivity contribution in [2.24, 2.45) is 0 Å². The molecule has 0 aliphatic heterocycles. The van der Waals surface area contributed by atoms with Crippen LogP contribution < -0.4 is 5.32 Å². The molecule has 0 aliphatic rings. The number of ether oxygens (including phenoxy) is 1. The molecule has 0 aromatic rings. The van der Waals surface area contributed by atoms with Crippen molar-refractivity contribution in [3.8, 4) is 0 Å². The number of carbonyl (C=O) groups excluding carboxylic acids is 2. The van der Waals surface area contributed by atoms with Crippen LogP contribution in [-0.4, -0.2) is 74.3 Å². The average Bonchev–Trinajstić information content (AvgIpc) is 3.35. The molecule has 0 aromatic heterocycles.